The highest BCUT2D eigenvalue weighted by molar-refractivity contribution is 9.10. The molecule has 218 valence electrons. The first kappa shape index (κ1) is 28.7. The number of amides is 2. The van der Waals surface area contributed by atoms with E-state index in [1.165, 1.54) is 0 Å². The molecule has 14 heteroatoms. The van der Waals surface area contributed by atoms with Gasteiger partial charge in [0.2, 0.25) is 11.9 Å². The van der Waals surface area contributed by atoms with Gasteiger partial charge in [0.1, 0.15) is 11.6 Å². The molecule has 1 atom stereocenters. The Morgan fingerprint density at radius 2 is 1.90 bits per heavy atom. The van der Waals surface area contributed by atoms with Crippen LogP contribution in [0, 0.1) is 0 Å². The van der Waals surface area contributed by atoms with Crippen molar-refractivity contribution >= 4 is 50.4 Å². The van der Waals surface area contributed by atoms with Crippen LogP contribution in [0.2, 0.25) is 0 Å². The molecule has 0 aliphatic carbocycles. The fraction of sp³-hybridized carbons (Fsp3) is 0.481. The summed E-state index contributed by atoms with van der Waals surface area (Å²) >= 11 is 3.59. The van der Waals surface area contributed by atoms with Crippen molar-refractivity contribution in [3.63, 3.8) is 0 Å². The number of halogens is 1. The molecule has 0 radical (unpaired) electrons. The van der Waals surface area contributed by atoms with E-state index in [0.717, 1.165) is 28.5 Å². The molecule has 1 aliphatic heterocycles. The summed E-state index contributed by atoms with van der Waals surface area (Å²) in [5, 5.41) is 16.0. The van der Waals surface area contributed by atoms with Crippen LogP contribution in [0.1, 0.15) is 27.7 Å². The van der Waals surface area contributed by atoms with Crippen molar-refractivity contribution in [1.29, 1.82) is 0 Å². The van der Waals surface area contributed by atoms with Gasteiger partial charge >= 0.3 is 6.09 Å². The van der Waals surface area contributed by atoms with E-state index in [9.17, 15) is 9.59 Å². The average Bonchev–Trinajstić information content (AvgIpc) is 3.55. The van der Waals surface area contributed by atoms with E-state index < -0.39 is 11.6 Å². The summed E-state index contributed by atoms with van der Waals surface area (Å²) in [5.41, 5.74) is 1.60. The number of rotatable bonds is 7. The fourth-order valence-corrected chi connectivity index (χ4v) is 5.03. The smallest absolute Gasteiger partial charge is 0.410 e. The van der Waals surface area contributed by atoms with Crippen LogP contribution < -0.4 is 10.6 Å². The van der Waals surface area contributed by atoms with Crippen LogP contribution in [0.25, 0.3) is 27.9 Å². The minimum Gasteiger partial charge on any atom is -0.444 e. The minimum absolute atomic E-state index is 0.160. The van der Waals surface area contributed by atoms with Crippen molar-refractivity contribution in [3.8, 4) is 11.4 Å². The Hall–Kier alpha value is -3.78. The first-order valence-corrected chi connectivity index (χ1v) is 14.4. The lowest BCUT2D eigenvalue weighted by Gasteiger charge is -2.35. The van der Waals surface area contributed by atoms with Crippen molar-refractivity contribution in [2.45, 2.75) is 39.3 Å². The van der Waals surface area contributed by atoms with Crippen LogP contribution in [0.5, 0.6) is 0 Å². The number of hydrogen-bond acceptors (Lipinski definition) is 9. The third kappa shape index (κ3) is 6.59. The van der Waals surface area contributed by atoms with Gasteiger partial charge in [-0.05, 0) is 55.8 Å². The minimum atomic E-state index is -0.583. The normalized spacial score (nSPS) is 15.3. The van der Waals surface area contributed by atoms with E-state index in [4.69, 9.17) is 14.7 Å². The van der Waals surface area contributed by atoms with Crippen LogP contribution in [-0.4, -0.2) is 102 Å². The SMILES string of the molecule is C[C@@H](Nc1nc2c(Br)cccc2c2nc(-c3cnn(C)c3)nn12)C(=O)NCCN1CCN(C(=O)OC(C)(C)C)CC1. The van der Waals surface area contributed by atoms with E-state index in [2.05, 4.69) is 41.7 Å². The topological polar surface area (TPSA) is 135 Å². The third-order valence-electron chi connectivity index (χ3n) is 6.71. The van der Waals surface area contributed by atoms with Crippen molar-refractivity contribution < 1.29 is 14.3 Å². The van der Waals surface area contributed by atoms with Gasteiger partial charge in [-0.1, -0.05) is 6.07 Å². The van der Waals surface area contributed by atoms with Gasteiger partial charge in [-0.25, -0.2) is 14.8 Å². The van der Waals surface area contributed by atoms with Crippen molar-refractivity contribution in [2.75, 3.05) is 44.6 Å². The summed E-state index contributed by atoms with van der Waals surface area (Å²) in [7, 11) is 1.84. The molecule has 0 saturated carbocycles. The largest absolute Gasteiger partial charge is 0.444 e. The Bertz CT molecular complexity index is 1570. The predicted molar refractivity (Wildman–Crippen MR) is 159 cm³/mol. The zero-order chi connectivity index (χ0) is 29.3. The quantitative estimate of drug-likeness (QED) is 0.317. The number of carbonyl (C=O) groups is 2. The molecule has 1 aromatic carbocycles. The Kier molecular flexibility index (Phi) is 8.13. The van der Waals surface area contributed by atoms with E-state index in [1.54, 1.807) is 27.2 Å². The number of fused-ring (bicyclic) bond motifs is 3. The molecule has 0 spiro atoms. The number of hydrogen-bond donors (Lipinski definition) is 2. The van der Waals surface area contributed by atoms with E-state index >= 15 is 0 Å². The average molecular weight is 628 g/mol. The molecular formula is C27H35BrN10O3. The number of aryl methyl sites for hydroxylation is 1. The van der Waals surface area contributed by atoms with E-state index in [0.29, 0.717) is 49.1 Å². The number of para-hydroxylation sites is 1. The third-order valence-corrected chi connectivity index (χ3v) is 7.35. The predicted octanol–water partition coefficient (Wildman–Crippen LogP) is 2.91. The van der Waals surface area contributed by atoms with Gasteiger partial charge in [0.15, 0.2) is 11.5 Å². The molecule has 0 bridgehead atoms. The number of ether oxygens (including phenoxy) is 1. The summed E-state index contributed by atoms with van der Waals surface area (Å²) in [6.07, 6.45) is 3.27. The number of nitrogens with zero attached hydrogens (tertiary/aromatic N) is 8. The molecule has 41 heavy (non-hydrogen) atoms. The molecule has 1 saturated heterocycles. The van der Waals surface area contributed by atoms with Gasteiger partial charge in [0, 0.05) is 62.4 Å². The van der Waals surface area contributed by atoms with Crippen LogP contribution >= 0.6 is 15.9 Å². The second-order valence-corrected chi connectivity index (χ2v) is 12.0. The number of anilines is 1. The van der Waals surface area contributed by atoms with Gasteiger partial charge in [-0.2, -0.15) is 9.61 Å². The Morgan fingerprint density at radius 1 is 1.15 bits per heavy atom. The zero-order valence-electron chi connectivity index (χ0n) is 23.9. The molecule has 0 unspecified atom stereocenters. The van der Waals surface area contributed by atoms with Gasteiger partial charge in [0.25, 0.3) is 0 Å². The van der Waals surface area contributed by atoms with Crippen LogP contribution in [0.3, 0.4) is 0 Å². The number of piperazine rings is 1. The molecule has 2 amide bonds. The molecule has 4 heterocycles. The first-order chi connectivity index (χ1) is 19.5. The lowest BCUT2D eigenvalue weighted by Crippen LogP contribution is -2.51. The molecule has 1 fully saturated rings. The van der Waals surface area contributed by atoms with Gasteiger partial charge in [-0.15, -0.1) is 5.10 Å². The standard InChI is InChI=1S/C27H35BrN10O3/c1-17(24(39)29-9-10-36-11-13-37(14-12-36)26(40)41-27(2,3)4)31-25-32-21-19(7-6-8-20(21)28)23-33-22(34-38(23)25)18-15-30-35(5)16-18/h6-8,15-17H,9-14H2,1-5H3,(H,29,39)(H,31,32)/t17-/m1/s1. The van der Waals surface area contributed by atoms with Gasteiger partial charge in [-0.3, -0.25) is 14.4 Å². The van der Waals surface area contributed by atoms with Gasteiger partial charge < -0.3 is 20.3 Å². The van der Waals surface area contributed by atoms with Crippen LogP contribution in [0.4, 0.5) is 10.7 Å². The maximum Gasteiger partial charge on any atom is 0.410 e. The van der Waals surface area contributed by atoms with Crippen molar-refractivity contribution in [2.24, 2.45) is 7.05 Å². The monoisotopic (exact) mass is 626 g/mol. The second kappa shape index (κ2) is 11.6. The van der Waals surface area contributed by atoms with Gasteiger partial charge in [0.05, 0.1) is 17.3 Å². The summed E-state index contributed by atoms with van der Waals surface area (Å²) in [5.74, 6) is 0.759. The summed E-state index contributed by atoms with van der Waals surface area (Å²) in [4.78, 5) is 38.8. The number of aromatic nitrogens is 6. The highest BCUT2D eigenvalue weighted by Crippen LogP contribution is 2.28. The Labute approximate surface area is 246 Å². The molecule has 13 nitrogen and oxygen atoms in total. The summed E-state index contributed by atoms with van der Waals surface area (Å²) in [6, 6.07) is 5.20. The van der Waals surface area contributed by atoms with E-state index in [-0.39, 0.29) is 12.0 Å². The molecule has 5 rings (SSSR count). The van der Waals surface area contributed by atoms with Crippen LogP contribution in [-0.2, 0) is 16.6 Å². The number of benzene rings is 1. The highest BCUT2D eigenvalue weighted by Gasteiger charge is 2.26. The summed E-state index contributed by atoms with van der Waals surface area (Å²) in [6.45, 7) is 11.2. The highest BCUT2D eigenvalue weighted by atomic mass is 79.9. The molecular weight excluding hydrogens is 592 g/mol. The molecule has 4 aromatic rings. The Morgan fingerprint density at radius 3 is 2.59 bits per heavy atom. The maximum atomic E-state index is 13.0. The number of carbonyl (C=O) groups excluding carboxylic acids is 2. The van der Waals surface area contributed by atoms with Crippen molar-refractivity contribution in [1.82, 2.24) is 44.5 Å². The molecule has 2 N–H and O–H groups in total. The Balaban J connectivity index is 1.22. The van der Waals surface area contributed by atoms with E-state index in [1.807, 2.05) is 52.2 Å². The fourth-order valence-electron chi connectivity index (χ4n) is 4.58. The molecule has 1 aliphatic rings. The lowest BCUT2D eigenvalue weighted by molar-refractivity contribution is -0.121. The lowest BCUT2D eigenvalue weighted by atomic mass is 10.2. The van der Waals surface area contributed by atoms with Crippen molar-refractivity contribution in [3.05, 3.63) is 35.1 Å². The second-order valence-electron chi connectivity index (χ2n) is 11.1. The van der Waals surface area contributed by atoms with Crippen LogP contribution in [0.15, 0.2) is 35.1 Å². The molecule has 3 aromatic heterocycles. The zero-order valence-corrected chi connectivity index (χ0v) is 25.5. The maximum absolute atomic E-state index is 13.0. The summed E-state index contributed by atoms with van der Waals surface area (Å²) < 4.78 is 9.60. The first-order valence-electron chi connectivity index (χ1n) is 13.6. The number of nitrogens with one attached hydrogen (secondary N) is 2.